The first-order chi connectivity index (χ1) is 8.63. The van der Waals surface area contributed by atoms with Gasteiger partial charge in [-0.1, -0.05) is 0 Å². The van der Waals surface area contributed by atoms with Crippen molar-refractivity contribution < 1.29 is 15.1 Å². The van der Waals surface area contributed by atoms with Crippen LogP contribution in [-0.2, 0) is 0 Å². The first kappa shape index (κ1) is 14.2. The lowest BCUT2D eigenvalue weighted by molar-refractivity contribution is -0.383. The van der Waals surface area contributed by atoms with Crippen LogP contribution >= 0.6 is 0 Å². The van der Waals surface area contributed by atoms with E-state index in [1.165, 1.54) is 6.07 Å². The second-order valence-electron chi connectivity index (χ2n) is 3.64. The molecular formula is C11H17N3O4. The summed E-state index contributed by atoms with van der Waals surface area (Å²) in [5.74, 6) is 0. The molecule has 0 aliphatic heterocycles. The number of rotatable bonds is 7. The molecule has 7 nitrogen and oxygen atoms in total. The van der Waals surface area contributed by atoms with Gasteiger partial charge in [0.2, 0.25) is 0 Å². The molecule has 0 aliphatic rings. The van der Waals surface area contributed by atoms with Crippen LogP contribution < -0.4 is 10.2 Å². The van der Waals surface area contributed by atoms with Gasteiger partial charge in [0.25, 0.3) is 5.69 Å². The van der Waals surface area contributed by atoms with E-state index >= 15 is 0 Å². The summed E-state index contributed by atoms with van der Waals surface area (Å²) < 4.78 is 0. The minimum atomic E-state index is -0.460. The van der Waals surface area contributed by atoms with Crippen molar-refractivity contribution in [2.24, 2.45) is 0 Å². The number of hydrogen-bond acceptors (Lipinski definition) is 6. The second kappa shape index (κ2) is 6.77. The number of benzene rings is 1. The van der Waals surface area contributed by atoms with Crippen molar-refractivity contribution in [1.29, 1.82) is 0 Å². The lowest BCUT2D eigenvalue weighted by Crippen LogP contribution is -2.29. The molecule has 1 aromatic carbocycles. The van der Waals surface area contributed by atoms with Gasteiger partial charge >= 0.3 is 0 Å². The van der Waals surface area contributed by atoms with Gasteiger partial charge in [0.1, 0.15) is 5.69 Å². The highest BCUT2D eigenvalue weighted by molar-refractivity contribution is 5.68. The van der Waals surface area contributed by atoms with Gasteiger partial charge in [-0.05, 0) is 12.1 Å². The molecule has 0 atom stereocenters. The maximum atomic E-state index is 10.8. The number of nitrogens with one attached hydrogen (secondary N) is 1. The largest absolute Gasteiger partial charge is 0.395 e. The van der Waals surface area contributed by atoms with Crippen LogP contribution in [0.4, 0.5) is 17.1 Å². The topological polar surface area (TPSA) is 98.9 Å². The Bertz CT molecular complexity index is 405. The van der Waals surface area contributed by atoms with E-state index < -0.39 is 4.92 Å². The molecule has 0 saturated carbocycles. The van der Waals surface area contributed by atoms with E-state index in [4.69, 9.17) is 10.2 Å². The molecule has 0 unspecified atom stereocenters. The molecule has 0 saturated heterocycles. The normalized spacial score (nSPS) is 10.2. The monoisotopic (exact) mass is 255 g/mol. The Morgan fingerprint density at radius 1 is 1.33 bits per heavy atom. The van der Waals surface area contributed by atoms with Crippen LogP contribution in [0, 0.1) is 10.1 Å². The van der Waals surface area contributed by atoms with Crippen molar-refractivity contribution in [3.05, 3.63) is 28.3 Å². The quantitative estimate of drug-likeness (QED) is 0.482. The van der Waals surface area contributed by atoms with E-state index in [1.54, 1.807) is 24.1 Å². The Morgan fingerprint density at radius 3 is 2.39 bits per heavy atom. The highest BCUT2D eigenvalue weighted by Crippen LogP contribution is 2.28. The van der Waals surface area contributed by atoms with Crippen molar-refractivity contribution >= 4 is 17.1 Å². The van der Waals surface area contributed by atoms with Gasteiger partial charge < -0.3 is 20.4 Å². The summed E-state index contributed by atoms with van der Waals surface area (Å²) in [6, 6.07) is 4.64. The molecule has 1 rings (SSSR count). The number of nitro groups is 1. The molecule has 0 amide bonds. The first-order valence-electron chi connectivity index (χ1n) is 5.57. The molecule has 100 valence electrons. The van der Waals surface area contributed by atoms with Gasteiger partial charge in [-0.2, -0.15) is 0 Å². The van der Waals surface area contributed by atoms with Crippen molar-refractivity contribution in [2.45, 2.75) is 0 Å². The highest BCUT2D eigenvalue weighted by Gasteiger charge is 2.15. The van der Waals surface area contributed by atoms with Crippen LogP contribution in [0.15, 0.2) is 18.2 Å². The molecule has 7 heteroatoms. The minimum absolute atomic E-state index is 0.00537. The number of aliphatic hydroxyl groups is 2. The van der Waals surface area contributed by atoms with E-state index in [0.717, 1.165) is 0 Å². The molecule has 1 aromatic rings. The van der Waals surface area contributed by atoms with E-state index in [1.807, 2.05) is 0 Å². The van der Waals surface area contributed by atoms with Crippen LogP contribution in [0.3, 0.4) is 0 Å². The van der Waals surface area contributed by atoms with E-state index in [0.29, 0.717) is 24.5 Å². The van der Waals surface area contributed by atoms with Crippen molar-refractivity contribution in [3.63, 3.8) is 0 Å². The summed E-state index contributed by atoms with van der Waals surface area (Å²) >= 11 is 0. The average Bonchev–Trinajstić information content (AvgIpc) is 2.37. The number of aliphatic hydroxyl groups excluding tert-OH is 2. The van der Waals surface area contributed by atoms with Crippen molar-refractivity contribution in [1.82, 2.24) is 0 Å². The highest BCUT2D eigenvalue weighted by atomic mass is 16.6. The summed E-state index contributed by atoms with van der Waals surface area (Å²) in [6.07, 6.45) is 0. The van der Waals surface area contributed by atoms with Gasteiger partial charge in [-0.15, -0.1) is 0 Å². The van der Waals surface area contributed by atoms with E-state index in [9.17, 15) is 10.1 Å². The lowest BCUT2D eigenvalue weighted by atomic mass is 10.2. The molecule has 18 heavy (non-hydrogen) atoms. The van der Waals surface area contributed by atoms with Gasteiger partial charge in [0.05, 0.1) is 18.1 Å². The zero-order chi connectivity index (χ0) is 13.5. The fourth-order valence-corrected chi connectivity index (χ4v) is 1.69. The van der Waals surface area contributed by atoms with Crippen LogP contribution in [0.1, 0.15) is 0 Å². The van der Waals surface area contributed by atoms with Crippen molar-refractivity contribution in [2.75, 3.05) is 43.6 Å². The van der Waals surface area contributed by atoms with Crippen LogP contribution in [0.2, 0.25) is 0 Å². The smallest absolute Gasteiger partial charge is 0.292 e. The second-order valence-corrected chi connectivity index (χ2v) is 3.64. The number of nitro benzene ring substituents is 1. The maximum Gasteiger partial charge on any atom is 0.292 e. The van der Waals surface area contributed by atoms with Gasteiger partial charge in [-0.25, -0.2) is 0 Å². The summed E-state index contributed by atoms with van der Waals surface area (Å²) in [4.78, 5) is 12.1. The van der Waals surface area contributed by atoms with Gasteiger partial charge in [0.15, 0.2) is 0 Å². The zero-order valence-corrected chi connectivity index (χ0v) is 10.2. The van der Waals surface area contributed by atoms with E-state index in [-0.39, 0.29) is 18.9 Å². The maximum absolute atomic E-state index is 10.8. The fourth-order valence-electron chi connectivity index (χ4n) is 1.69. The van der Waals surface area contributed by atoms with Crippen molar-refractivity contribution in [3.8, 4) is 0 Å². The van der Waals surface area contributed by atoms with Crippen LogP contribution in [0.25, 0.3) is 0 Å². The fraction of sp³-hybridized carbons (Fsp3) is 0.455. The van der Waals surface area contributed by atoms with Gasteiger partial charge in [0, 0.05) is 31.9 Å². The summed E-state index contributed by atoms with van der Waals surface area (Å²) in [7, 11) is 1.61. The SMILES string of the molecule is CNc1cc(N(CCO)CCO)ccc1[N+](=O)[O-]. The molecule has 0 aromatic heterocycles. The summed E-state index contributed by atoms with van der Waals surface area (Å²) in [5, 5.41) is 31.4. The molecule has 0 radical (unpaired) electrons. The Labute approximate surface area is 105 Å². The molecule has 0 spiro atoms. The first-order valence-corrected chi connectivity index (χ1v) is 5.57. The summed E-state index contributed by atoms with van der Waals surface area (Å²) in [5.41, 5.74) is 1.11. The standard InChI is InChI=1S/C11H17N3O4/c1-12-10-8-9(2-3-11(10)14(17)18)13(4-6-15)5-7-16/h2-3,8,12,15-16H,4-7H2,1H3. The average molecular weight is 255 g/mol. The third kappa shape index (κ3) is 3.31. The molecule has 0 fully saturated rings. The van der Waals surface area contributed by atoms with Crippen LogP contribution in [0.5, 0.6) is 0 Å². The predicted molar refractivity (Wildman–Crippen MR) is 69.0 cm³/mol. The molecule has 0 heterocycles. The molecule has 3 N–H and O–H groups in total. The molecule has 0 aliphatic carbocycles. The Balaban J connectivity index is 3.05. The number of hydrogen-bond donors (Lipinski definition) is 3. The Morgan fingerprint density at radius 2 is 1.94 bits per heavy atom. The lowest BCUT2D eigenvalue weighted by Gasteiger charge is -2.23. The third-order valence-electron chi connectivity index (χ3n) is 2.55. The summed E-state index contributed by atoms with van der Waals surface area (Å²) in [6.45, 7) is 0.626. The van der Waals surface area contributed by atoms with Gasteiger partial charge in [-0.3, -0.25) is 10.1 Å². The number of anilines is 2. The molecular weight excluding hydrogens is 238 g/mol. The predicted octanol–water partition coefficient (Wildman–Crippen LogP) is 0.427. The Hall–Kier alpha value is -1.86. The number of nitrogens with zero attached hydrogens (tertiary/aromatic N) is 2. The third-order valence-corrected chi connectivity index (χ3v) is 2.55. The molecule has 0 bridgehead atoms. The minimum Gasteiger partial charge on any atom is -0.395 e. The van der Waals surface area contributed by atoms with Crippen LogP contribution in [-0.4, -0.2) is 48.5 Å². The zero-order valence-electron chi connectivity index (χ0n) is 10.2. The Kier molecular flexibility index (Phi) is 5.34. The van der Waals surface area contributed by atoms with E-state index in [2.05, 4.69) is 5.32 Å².